The fourth-order valence-electron chi connectivity index (χ4n) is 3.84. The minimum absolute atomic E-state index is 0.200. The molecule has 1 aromatic carbocycles. The van der Waals surface area contributed by atoms with E-state index in [1.807, 2.05) is 7.05 Å². The zero-order chi connectivity index (χ0) is 16.9. The Morgan fingerprint density at radius 3 is 2.88 bits per heavy atom. The van der Waals surface area contributed by atoms with Crippen molar-refractivity contribution in [3.05, 3.63) is 35.9 Å². The summed E-state index contributed by atoms with van der Waals surface area (Å²) in [6, 6.07) is 10.7. The third kappa shape index (κ3) is 4.28. The van der Waals surface area contributed by atoms with E-state index >= 15 is 0 Å². The number of nitrogens with zero attached hydrogens (tertiary/aromatic N) is 2. The van der Waals surface area contributed by atoms with Gasteiger partial charge in [0.25, 0.3) is 0 Å². The SMILES string of the molecule is CN=C(NCC1CC1c1ccccc1)N1CCCC(CC(N)=O)C1. The smallest absolute Gasteiger partial charge is 0.217 e. The predicted molar refractivity (Wildman–Crippen MR) is 96.8 cm³/mol. The zero-order valence-electron chi connectivity index (χ0n) is 14.4. The molecule has 1 saturated carbocycles. The Morgan fingerprint density at radius 1 is 1.38 bits per heavy atom. The second-order valence-corrected chi connectivity index (χ2v) is 7.07. The van der Waals surface area contributed by atoms with Gasteiger partial charge in [-0.25, -0.2) is 0 Å². The Kier molecular flexibility index (Phi) is 5.38. The van der Waals surface area contributed by atoms with Gasteiger partial charge in [-0.15, -0.1) is 0 Å². The van der Waals surface area contributed by atoms with E-state index in [2.05, 4.69) is 45.5 Å². The molecule has 130 valence electrons. The average molecular weight is 328 g/mol. The van der Waals surface area contributed by atoms with Crippen LogP contribution in [0.1, 0.15) is 37.2 Å². The lowest BCUT2D eigenvalue weighted by Crippen LogP contribution is -2.47. The number of piperidine rings is 1. The third-order valence-electron chi connectivity index (χ3n) is 5.19. The van der Waals surface area contributed by atoms with Crippen LogP contribution in [0.25, 0.3) is 0 Å². The molecular weight excluding hydrogens is 300 g/mol. The molecule has 0 aromatic heterocycles. The van der Waals surface area contributed by atoms with Crippen molar-refractivity contribution in [2.45, 2.75) is 31.6 Å². The van der Waals surface area contributed by atoms with Crippen LogP contribution in [-0.2, 0) is 4.79 Å². The molecule has 3 rings (SSSR count). The van der Waals surface area contributed by atoms with Crippen LogP contribution < -0.4 is 11.1 Å². The summed E-state index contributed by atoms with van der Waals surface area (Å²) in [7, 11) is 1.83. The Morgan fingerprint density at radius 2 is 2.17 bits per heavy atom. The molecule has 5 nitrogen and oxygen atoms in total. The number of likely N-dealkylation sites (tertiary alicyclic amines) is 1. The number of carbonyl (C=O) groups is 1. The van der Waals surface area contributed by atoms with Gasteiger partial charge in [-0.1, -0.05) is 30.3 Å². The van der Waals surface area contributed by atoms with Gasteiger partial charge in [0, 0.05) is 33.1 Å². The number of rotatable bonds is 5. The van der Waals surface area contributed by atoms with Crippen molar-refractivity contribution in [1.82, 2.24) is 10.2 Å². The lowest BCUT2D eigenvalue weighted by Gasteiger charge is -2.34. The van der Waals surface area contributed by atoms with Crippen LogP contribution in [0.4, 0.5) is 0 Å². The van der Waals surface area contributed by atoms with Crippen LogP contribution in [0.3, 0.4) is 0 Å². The van der Waals surface area contributed by atoms with Gasteiger partial charge in [0.05, 0.1) is 0 Å². The van der Waals surface area contributed by atoms with Gasteiger partial charge in [-0.3, -0.25) is 9.79 Å². The second-order valence-electron chi connectivity index (χ2n) is 7.07. The van der Waals surface area contributed by atoms with E-state index < -0.39 is 0 Å². The number of nitrogens with two attached hydrogens (primary N) is 1. The van der Waals surface area contributed by atoms with E-state index in [9.17, 15) is 4.79 Å². The number of hydrogen-bond donors (Lipinski definition) is 2. The van der Waals surface area contributed by atoms with Crippen LogP contribution >= 0.6 is 0 Å². The van der Waals surface area contributed by atoms with Gasteiger partial charge in [0.2, 0.25) is 5.91 Å². The highest BCUT2D eigenvalue weighted by atomic mass is 16.1. The molecule has 1 amide bonds. The van der Waals surface area contributed by atoms with Crippen molar-refractivity contribution >= 4 is 11.9 Å². The predicted octanol–water partition coefficient (Wildman–Crippen LogP) is 1.95. The van der Waals surface area contributed by atoms with Gasteiger partial charge in [-0.2, -0.15) is 0 Å². The minimum Gasteiger partial charge on any atom is -0.370 e. The highest BCUT2D eigenvalue weighted by Crippen LogP contribution is 2.46. The van der Waals surface area contributed by atoms with Crippen molar-refractivity contribution in [3.63, 3.8) is 0 Å². The van der Waals surface area contributed by atoms with Crippen molar-refractivity contribution < 1.29 is 4.79 Å². The number of amides is 1. The number of benzene rings is 1. The molecule has 0 bridgehead atoms. The maximum absolute atomic E-state index is 11.2. The molecule has 1 aliphatic heterocycles. The van der Waals surface area contributed by atoms with Crippen molar-refractivity contribution in [3.8, 4) is 0 Å². The summed E-state index contributed by atoms with van der Waals surface area (Å²) < 4.78 is 0. The van der Waals surface area contributed by atoms with E-state index in [1.54, 1.807) is 0 Å². The highest BCUT2D eigenvalue weighted by molar-refractivity contribution is 5.80. The topological polar surface area (TPSA) is 70.7 Å². The zero-order valence-corrected chi connectivity index (χ0v) is 14.4. The molecule has 1 aliphatic carbocycles. The van der Waals surface area contributed by atoms with Crippen LogP contribution in [0.2, 0.25) is 0 Å². The van der Waals surface area contributed by atoms with Crippen LogP contribution in [0.15, 0.2) is 35.3 Å². The van der Waals surface area contributed by atoms with E-state index in [-0.39, 0.29) is 5.91 Å². The van der Waals surface area contributed by atoms with E-state index in [0.717, 1.165) is 38.4 Å². The summed E-state index contributed by atoms with van der Waals surface area (Å²) in [4.78, 5) is 17.9. The largest absolute Gasteiger partial charge is 0.370 e. The van der Waals surface area contributed by atoms with Gasteiger partial charge < -0.3 is 16.0 Å². The van der Waals surface area contributed by atoms with Crippen LogP contribution in [-0.4, -0.2) is 43.4 Å². The maximum atomic E-state index is 11.2. The quantitative estimate of drug-likeness (QED) is 0.641. The number of aliphatic imine (C=N–C) groups is 1. The maximum Gasteiger partial charge on any atom is 0.217 e. The molecule has 3 N–H and O–H groups in total. The highest BCUT2D eigenvalue weighted by Gasteiger charge is 2.38. The summed E-state index contributed by atoms with van der Waals surface area (Å²) in [6.45, 7) is 2.83. The Bertz CT molecular complexity index is 586. The van der Waals surface area contributed by atoms with Gasteiger partial charge in [0.15, 0.2) is 5.96 Å². The first kappa shape index (κ1) is 16.8. The molecule has 5 heteroatoms. The number of guanidine groups is 1. The summed E-state index contributed by atoms with van der Waals surface area (Å²) in [6.07, 6.45) is 3.90. The molecule has 1 saturated heterocycles. The fraction of sp³-hybridized carbons (Fsp3) is 0.579. The molecule has 0 spiro atoms. The molecule has 1 heterocycles. The summed E-state index contributed by atoms with van der Waals surface area (Å²) in [5, 5.41) is 3.53. The van der Waals surface area contributed by atoms with Gasteiger partial charge in [0.1, 0.15) is 0 Å². The third-order valence-corrected chi connectivity index (χ3v) is 5.19. The molecule has 2 fully saturated rings. The van der Waals surface area contributed by atoms with Gasteiger partial charge >= 0.3 is 0 Å². The summed E-state index contributed by atoms with van der Waals surface area (Å²) >= 11 is 0. The molecule has 1 aromatic rings. The first-order valence-electron chi connectivity index (χ1n) is 8.96. The Hall–Kier alpha value is -2.04. The Balaban J connectivity index is 1.48. The lowest BCUT2D eigenvalue weighted by molar-refractivity contribution is -0.119. The minimum atomic E-state index is -0.200. The van der Waals surface area contributed by atoms with Gasteiger partial charge in [-0.05, 0) is 42.6 Å². The first-order valence-corrected chi connectivity index (χ1v) is 8.96. The Labute approximate surface area is 144 Å². The lowest BCUT2D eigenvalue weighted by atomic mass is 9.95. The van der Waals surface area contributed by atoms with E-state index in [0.29, 0.717) is 24.2 Å². The standard InChI is InChI=1S/C19H28N4O/c1-21-19(23-9-5-6-14(13-23)10-18(20)24)22-12-16-11-17(16)15-7-3-2-4-8-15/h2-4,7-8,14,16-17H,5-6,9-13H2,1H3,(H2,20,24)(H,21,22). The van der Waals surface area contributed by atoms with Crippen molar-refractivity contribution in [2.24, 2.45) is 22.6 Å². The van der Waals surface area contributed by atoms with E-state index in [1.165, 1.54) is 12.0 Å². The molecule has 24 heavy (non-hydrogen) atoms. The number of carbonyl (C=O) groups excluding carboxylic acids is 1. The number of nitrogens with one attached hydrogen (secondary N) is 1. The van der Waals surface area contributed by atoms with Crippen molar-refractivity contribution in [2.75, 3.05) is 26.7 Å². The van der Waals surface area contributed by atoms with E-state index in [4.69, 9.17) is 5.73 Å². The number of primary amides is 1. The molecule has 3 unspecified atom stereocenters. The average Bonchev–Trinajstić information content (AvgIpc) is 3.36. The summed E-state index contributed by atoms with van der Waals surface area (Å²) in [5.74, 6) is 2.49. The summed E-state index contributed by atoms with van der Waals surface area (Å²) in [5.41, 5.74) is 6.79. The molecule has 0 radical (unpaired) electrons. The second kappa shape index (κ2) is 7.69. The molecule has 3 atom stereocenters. The molecular formula is C19H28N4O. The fourth-order valence-corrected chi connectivity index (χ4v) is 3.84. The van der Waals surface area contributed by atoms with Crippen molar-refractivity contribution in [1.29, 1.82) is 0 Å². The molecule has 2 aliphatic rings. The van der Waals surface area contributed by atoms with Crippen LogP contribution in [0, 0.1) is 11.8 Å². The normalized spacial score (nSPS) is 27.0. The first-order chi connectivity index (χ1) is 11.7. The van der Waals surface area contributed by atoms with Crippen LogP contribution in [0.5, 0.6) is 0 Å². The number of hydrogen-bond acceptors (Lipinski definition) is 2. The monoisotopic (exact) mass is 328 g/mol.